The molecular weight excluding hydrogens is 304 g/mol. The van der Waals surface area contributed by atoms with Gasteiger partial charge in [0.2, 0.25) is 5.91 Å². The lowest BCUT2D eigenvalue weighted by molar-refractivity contribution is -0.160. The van der Waals surface area contributed by atoms with Crippen molar-refractivity contribution in [3.63, 3.8) is 0 Å². The first kappa shape index (κ1) is 14.9. The van der Waals surface area contributed by atoms with Crippen LogP contribution < -0.4 is 0 Å². The van der Waals surface area contributed by atoms with Gasteiger partial charge >= 0.3 is 5.97 Å². The lowest BCUT2D eigenvalue weighted by Gasteiger charge is -2.37. The summed E-state index contributed by atoms with van der Waals surface area (Å²) in [4.78, 5) is 39.6. The Bertz CT molecular complexity index is 607. The number of carbonyl (C=O) groups is 3. The molecule has 0 aromatic heterocycles. The summed E-state index contributed by atoms with van der Waals surface area (Å²) in [5.41, 5.74) is 0.976. The summed E-state index contributed by atoms with van der Waals surface area (Å²) in [7, 11) is 1.29. The molecule has 3 rings (SSSR count). The van der Waals surface area contributed by atoms with Crippen molar-refractivity contribution in [3.8, 4) is 0 Å². The van der Waals surface area contributed by atoms with Crippen molar-refractivity contribution in [3.05, 3.63) is 35.9 Å². The Labute approximate surface area is 132 Å². The van der Waals surface area contributed by atoms with E-state index in [9.17, 15) is 14.4 Å². The fraction of sp³-hybridized carbons (Fsp3) is 0.400. The van der Waals surface area contributed by atoms with Gasteiger partial charge in [0, 0.05) is 12.3 Å². The molecular formula is C15H16N2O4S. The van der Waals surface area contributed by atoms with E-state index < -0.39 is 17.4 Å². The Morgan fingerprint density at radius 1 is 1.32 bits per heavy atom. The van der Waals surface area contributed by atoms with E-state index in [-0.39, 0.29) is 18.4 Å². The molecule has 1 aromatic carbocycles. The number of ether oxygens (including phenoxy) is 1. The van der Waals surface area contributed by atoms with Crippen molar-refractivity contribution < 1.29 is 19.1 Å². The minimum atomic E-state index is -0.657. The summed E-state index contributed by atoms with van der Waals surface area (Å²) >= 11 is 1.32. The van der Waals surface area contributed by atoms with Gasteiger partial charge in [0.25, 0.3) is 5.91 Å². The third kappa shape index (κ3) is 2.56. The molecule has 2 atom stereocenters. The molecule has 2 aliphatic heterocycles. The molecule has 116 valence electrons. The van der Waals surface area contributed by atoms with E-state index in [1.165, 1.54) is 23.8 Å². The molecule has 2 saturated heterocycles. The highest BCUT2D eigenvalue weighted by Crippen LogP contribution is 2.34. The van der Waals surface area contributed by atoms with Crippen LogP contribution in [0.1, 0.15) is 5.56 Å². The number of esters is 1. The number of thioether (sulfide) groups is 1. The summed E-state index contributed by atoms with van der Waals surface area (Å²) in [6.45, 7) is 0.400. The first-order valence-electron chi connectivity index (χ1n) is 6.95. The van der Waals surface area contributed by atoms with Gasteiger partial charge in [0.05, 0.1) is 7.11 Å². The highest BCUT2D eigenvalue weighted by atomic mass is 32.2. The lowest BCUT2D eigenvalue weighted by atomic mass is 10.1. The molecule has 6 nitrogen and oxygen atoms in total. The zero-order valence-corrected chi connectivity index (χ0v) is 12.9. The lowest BCUT2D eigenvalue weighted by Crippen LogP contribution is -2.59. The highest BCUT2D eigenvalue weighted by molar-refractivity contribution is 8.00. The van der Waals surface area contributed by atoms with E-state index in [1.54, 1.807) is 4.90 Å². The van der Waals surface area contributed by atoms with E-state index in [1.807, 2.05) is 30.3 Å². The number of hydrogen-bond acceptors (Lipinski definition) is 5. The molecule has 1 aromatic rings. The van der Waals surface area contributed by atoms with Gasteiger partial charge < -0.3 is 14.5 Å². The molecule has 1 unspecified atom stereocenters. The van der Waals surface area contributed by atoms with E-state index >= 15 is 0 Å². The molecule has 2 amide bonds. The van der Waals surface area contributed by atoms with Crippen molar-refractivity contribution in [2.45, 2.75) is 18.0 Å². The average molecular weight is 320 g/mol. The molecule has 0 bridgehead atoms. The first-order chi connectivity index (χ1) is 10.6. The van der Waals surface area contributed by atoms with E-state index in [0.717, 1.165) is 5.56 Å². The van der Waals surface area contributed by atoms with Crippen LogP contribution in [0.25, 0.3) is 0 Å². The van der Waals surface area contributed by atoms with E-state index in [4.69, 9.17) is 4.74 Å². The van der Waals surface area contributed by atoms with E-state index in [0.29, 0.717) is 12.3 Å². The maximum absolute atomic E-state index is 12.6. The summed E-state index contributed by atoms with van der Waals surface area (Å²) in [6.07, 6.45) is 0. The molecule has 22 heavy (non-hydrogen) atoms. The fourth-order valence-corrected chi connectivity index (χ4v) is 4.11. The molecule has 0 saturated carbocycles. The number of piperazine rings is 1. The van der Waals surface area contributed by atoms with Gasteiger partial charge in [-0.2, -0.15) is 0 Å². The normalized spacial score (nSPS) is 24.4. The molecule has 0 aliphatic carbocycles. The maximum Gasteiger partial charge on any atom is 0.329 e. The molecule has 2 heterocycles. The van der Waals surface area contributed by atoms with Crippen molar-refractivity contribution in [2.24, 2.45) is 0 Å². The molecule has 2 aliphatic rings. The first-order valence-corrected chi connectivity index (χ1v) is 8.00. The number of rotatable bonds is 3. The Morgan fingerprint density at radius 3 is 2.73 bits per heavy atom. The minimum absolute atomic E-state index is 0.00170. The van der Waals surface area contributed by atoms with Gasteiger partial charge in [0.1, 0.15) is 12.6 Å². The number of fused-ring (bicyclic) bond motifs is 1. The molecule has 0 N–H and O–H groups in total. The zero-order valence-electron chi connectivity index (χ0n) is 12.1. The smallest absolute Gasteiger partial charge is 0.329 e. The fourth-order valence-electron chi connectivity index (χ4n) is 2.74. The van der Waals surface area contributed by atoms with Gasteiger partial charge in [-0.3, -0.25) is 9.59 Å². The number of methoxy groups -OCH3 is 1. The molecule has 2 fully saturated rings. The topological polar surface area (TPSA) is 66.9 Å². The maximum atomic E-state index is 12.6. The zero-order chi connectivity index (χ0) is 15.7. The Kier molecular flexibility index (Phi) is 4.06. The van der Waals surface area contributed by atoms with Crippen LogP contribution >= 0.6 is 11.8 Å². The van der Waals surface area contributed by atoms with Gasteiger partial charge in [-0.05, 0) is 5.56 Å². The van der Waals surface area contributed by atoms with Crippen molar-refractivity contribution in [2.75, 3.05) is 19.4 Å². The summed E-state index contributed by atoms with van der Waals surface area (Å²) < 4.78 is 4.72. The third-order valence-corrected chi connectivity index (χ3v) is 5.08. The summed E-state index contributed by atoms with van der Waals surface area (Å²) in [5, 5.41) is -0.617. The largest absolute Gasteiger partial charge is 0.467 e. The average Bonchev–Trinajstić information content (AvgIpc) is 2.98. The number of carbonyl (C=O) groups excluding carboxylic acids is 3. The second kappa shape index (κ2) is 6.00. The molecule has 7 heteroatoms. The Hall–Kier alpha value is -2.02. The predicted molar refractivity (Wildman–Crippen MR) is 80.8 cm³/mol. The van der Waals surface area contributed by atoms with Crippen LogP contribution in [0.2, 0.25) is 0 Å². The number of amides is 2. The Balaban J connectivity index is 1.77. The van der Waals surface area contributed by atoms with Crippen LogP contribution in [0.3, 0.4) is 0 Å². The predicted octanol–water partition coefficient (Wildman–Crippen LogP) is 0.472. The van der Waals surface area contributed by atoms with Gasteiger partial charge in [0.15, 0.2) is 5.37 Å². The van der Waals surface area contributed by atoms with Crippen LogP contribution in [0, 0.1) is 0 Å². The minimum Gasteiger partial charge on any atom is -0.467 e. The second-order valence-corrected chi connectivity index (χ2v) is 6.32. The highest BCUT2D eigenvalue weighted by Gasteiger charge is 2.50. The molecule has 0 radical (unpaired) electrons. The third-order valence-electron chi connectivity index (χ3n) is 3.83. The molecule has 0 spiro atoms. The summed E-state index contributed by atoms with van der Waals surface area (Å²) in [5.74, 6) is -0.401. The Morgan fingerprint density at radius 2 is 2.05 bits per heavy atom. The van der Waals surface area contributed by atoms with Gasteiger partial charge in [-0.15, -0.1) is 11.8 Å². The number of hydrogen-bond donors (Lipinski definition) is 0. The second-order valence-electron chi connectivity index (χ2n) is 5.21. The van der Waals surface area contributed by atoms with E-state index in [2.05, 4.69) is 0 Å². The van der Waals surface area contributed by atoms with Gasteiger partial charge in [-0.1, -0.05) is 30.3 Å². The van der Waals surface area contributed by atoms with Crippen molar-refractivity contribution in [1.29, 1.82) is 0 Å². The number of benzene rings is 1. The van der Waals surface area contributed by atoms with Gasteiger partial charge in [-0.25, -0.2) is 4.79 Å². The monoisotopic (exact) mass is 320 g/mol. The van der Waals surface area contributed by atoms with Crippen LogP contribution in [-0.2, 0) is 25.7 Å². The van der Waals surface area contributed by atoms with Crippen molar-refractivity contribution >= 4 is 29.5 Å². The van der Waals surface area contributed by atoms with Crippen LogP contribution in [0.15, 0.2) is 30.3 Å². The van der Waals surface area contributed by atoms with Crippen molar-refractivity contribution in [1.82, 2.24) is 9.80 Å². The quantitative estimate of drug-likeness (QED) is 0.758. The van der Waals surface area contributed by atoms with Crippen LogP contribution in [-0.4, -0.2) is 58.4 Å². The standard InChI is InChI=1S/C15H16N2O4S/c1-21-15(20)11-9-22-14-13(19)16(8-12(18)17(11)14)7-10-5-3-2-4-6-10/h2-6,11,14H,7-9H2,1H3/t11-,14?/m0/s1. The summed E-state index contributed by atoms with van der Waals surface area (Å²) in [6, 6.07) is 8.88. The van der Waals surface area contributed by atoms with Crippen LogP contribution in [0.5, 0.6) is 0 Å². The number of nitrogens with zero attached hydrogens (tertiary/aromatic N) is 2. The SMILES string of the molecule is COC(=O)[C@@H]1CSC2C(=O)N(Cc3ccccc3)CC(=O)N21. The van der Waals surface area contributed by atoms with Crippen LogP contribution in [0.4, 0.5) is 0 Å².